The Morgan fingerprint density at radius 1 is 1.33 bits per heavy atom. The summed E-state index contributed by atoms with van der Waals surface area (Å²) in [5.41, 5.74) is 0.854. The number of halogens is 1. The SMILES string of the molecule is ON1Oc2ccccc2C=C1Cl. The second kappa shape index (κ2) is 2.69. The van der Waals surface area contributed by atoms with Crippen LogP contribution in [0.1, 0.15) is 5.56 Å². The molecule has 1 aromatic carbocycles. The maximum Gasteiger partial charge on any atom is 0.172 e. The lowest BCUT2D eigenvalue weighted by Gasteiger charge is -2.21. The summed E-state index contributed by atoms with van der Waals surface area (Å²) in [6, 6.07) is 7.29. The van der Waals surface area contributed by atoms with Crippen molar-refractivity contribution in [3.05, 3.63) is 35.0 Å². The quantitative estimate of drug-likeness (QED) is 0.626. The van der Waals surface area contributed by atoms with Crippen molar-refractivity contribution in [1.29, 1.82) is 0 Å². The molecule has 0 saturated heterocycles. The van der Waals surface area contributed by atoms with E-state index in [1.807, 2.05) is 18.2 Å². The van der Waals surface area contributed by atoms with E-state index < -0.39 is 0 Å². The number of benzene rings is 1. The molecular weight excluding hydrogens is 178 g/mol. The first-order chi connectivity index (χ1) is 5.77. The Kier molecular flexibility index (Phi) is 1.67. The van der Waals surface area contributed by atoms with Crippen molar-refractivity contribution in [1.82, 2.24) is 5.23 Å². The Labute approximate surface area is 74.3 Å². The van der Waals surface area contributed by atoms with Gasteiger partial charge in [-0.1, -0.05) is 35.0 Å². The summed E-state index contributed by atoms with van der Waals surface area (Å²) in [6.07, 6.45) is 1.63. The average molecular weight is 184 g/mol. The topological polar surface area (TPSA) is 32.7 Å². The van der Waals surface area contributed by atoms with Crippen molar-refractivity contribution in [3.63, 3.8) is 0 Å². The van der Waals surface area contributed by atoms with Crippen LogP contribution in [0.4, 0.5) is 0 Å². The molecule has 0 aliphatic carbocycles. The lowest BCUT2D eigenvalue weighted by molar-refractivity contribution is -0.247. The molecule has 62 valence electrons. The summed E-state index contributed by atoms with van der Waals surface area (Å²) in [4.78, 5) is 4.93. The monoisotopic (exact) mass is 183 g/mol. The zero-order valence-corrected chi connectivity index (χ0v) is 6.82. The molecule has 4 heteroatoms. The first-order valence-electron chi connectivity index (χ1n) is 3.40. The summed E-state index contributed by atoms with van der Waals surface area (Å²) in [6.45, 7) is 0. The van der Waals surface area contributed by atoms with Crippen LogP contribution in [-0.4, -0.2) is 10.4 Å². The van der Waals surface area contributed by atoms with Crippen molar-refractivity contribution >= 4 is 17.7 Å². The Morgan fingerprint density at radius 3 is 2.92 bits per heavy atom. The van der Waals surface area contributed by atoms with Gasteiger partial charge in [-0.05, 0) is 12.1 Å². The van der Waals surface area contributed by atoms with Gasteiger partial charge < -0.3 is 4.84 Å². The van der Waals surface area contributed by atoms with Crippen molar-refractivity contribution < 1.29 is 10.0 Å². The van der Waals surface area contributed by atoms with Crippen molar-refractivity contribution in [3.8, 4) is 5.75 Å². The van der Waals surface area contributed by atoms with Crippen LogP contribution in [0.3, 0.4) is 0 Å². The maximum absolute atomic E-state index is 9.04. The molecule has 1 heterocycles. The van der Waals surface area contributed by atoms with E-state index in [1.54, 1.807) is 12.1 Å². The number of hydroxylamine groups is 2. The Hall–Kier alpha value is -1.19. The summed E-state index contributed by atoms with van der Waals surface area (Å²) >= 11 is 5.61. The fourth-order valence-corrected chi connectivity index (χ4v) is 1.16. The van der Waals surface area contributed by atoms with Crippen LogP contribution in [0.2, 0.25) is 0 Å². The van der Waals surface area contributed by atoms with Gasteiger partial charge in [0.1, 0.15) is 0 Å². The van der Waals surface area contributed by atoms with Crippen LogP contribution in [-0.2, 0) is 0 Å². The van der Waals surface area contributed by atoms with E-state index in [2.05, 4.69) is 0 Å². The smallest absolute Gasteiger partial charge is 0.172 e. The third-order valence-electron chi connectivity index (χ3n) is 1.56. The number of para-hydroxylation sites is 1. The lowest BCUT2D eigenvalue weighted by Crippen LogP contribution is -2.22. The summed E-state index contributed by atoms with van der Waals surface area (Å²) in [5.74, 6) is 0.587. The Balaban J connectivity index is 2.49. The first kappa shape index (κ1) is 7.46. The van der Waals surface area contributed by atoms with E-state index in [1.165, 1.54) is 0 Å². The summed E-state index contributed by atoms with van der Waals surface area (Å²) < 4.78 is 0. The van der Waals surface area contributed by atoms with Crippen molar-refractivity contribution in [2.75, 3.05) is 0 Å². The number of hydrogen-bond acceptors (Lipinski definition) is 3. The predicted octanol–water partition coefficient (Wildman–Crippen LogP) is 2.22. The lowest BCUT2D eigenvalue weighted by atomic mass is 10.2. The van der Waals surface area contributed by atoms with Gasteiger partial charge in [-0.3, -0.25) is 5.21 Å². The minimum absolute atomic E-state index is 0.147. The van der Waals surface area contributed by atoms with Gasteiger partial charge in [0.25, 0.3) is 0 Å². The van der Waals surface area contributed by atoms with Crippen LogP contribution < -0.4 is 4.84 Å². The average Bonchev–Trinajstić information content (AvgIpc) is 2.07. The zero-order valence-electron chi connectivity index (χ0n) is 6.07. The molecule has 1 N–H and O–H groups in total. The van der Waals surface area contributed by atoms with E-state index >= 15 is 0 Å². The molecule has 1 aliphatic heterocycles. The zero-order chi connectivity index (χ0) is 8.55. The van der Waals surface area contributed by atoms with Crippen LogP contribution in [0, 0.1) is 0 Å². The van der Waals surface area contributed by atoms with E-state index in [0.717, 1.165) is 5.56 Å². The summed E-state index contributed by atoms with van der Waals surface area (Å²) in [5, 5.41) is 9.71. The maximum atomic E-state index is 9.04. The third kappa shape index (κ3) is 1.13. The van der Waals surface area contributed by atoms with Crippen LogP contribution in [0.25, 0.3) is 6.08 Å². The molecule has 0 atom stereocenters. The molecule has 1 aromatic rings. The van der Waals surface area contributed by atoms with Gasteiger partial charge in [0.2, 0.25) is 0 Å². The highest BCUT2D eigenvalue weighted by Crippen LogP contribution is 2.28. The van der Waals surface area contributed by atoms with Gasteiger partial charge in [-0.25, -0.2) is 0 Å². The summed E-state index contributed by atoms with van der Waals surface area (Å²) in [7, 11) is 0. The highest BCUT2D eigenvalue weighted by Gasteiger charge is 2.15. The molecular formula is C8H6ClNO2. The minimum Gasteiger partial charge on any atom is -0.352 e. The minimum atomic E-state index is 0.147. The molecule has 0 aromatic heterocycles. The Bertz CT molecular complexity index is 338. The third-order valence-corrected chi connectivity index (χ3v) is 1.81. The van der Waals surface area contributed by atoms with E-state index in [9.17, 15) is 0 Å². The van der Waals surface area contributed by atoms with E-state index in [-0.39, 0.29) is 5.16 Å². The first-order valence-corrected chi connectivity index (χ1v) is 3.78. The number of nitrogens with zero attached hydrogens (tertiary/aromatic N) is 1. The van der Waals surface area contributed by atoms with Crippen molar-refractivity contribution in [2.24, 2.45) is 0 Å². The molecule has 0 saturated carbocycles. The molecule has 3 nitrogen and oxygen atoms in total. The molecule has 2 rings (SSSR count). The van der Waals surface area contributed by atoms with E-state index in [4.69, 9.17) is 21.6 Å². The molecule has 0 unspecified atom stereocenters. The molecule has 12 heavy (non-hydrogen) atoms. The van der Waals surface area contributed by atoms with Gasteiger partial charge in [0.15, 0.2) is 10.9 Å². The van der Waals surface area contributed by atoms with Crippen LogP contribution in [0.15, 0.2) is 29.4 Å². The van der Waals surface area contributed by atoms with Gasteiger partial charge in [-0.15, -0.1) is 0 Å². The van der Waals surface area contributed by atoms with Crippen molar-refractivity contribution in [2.45, 2.75) is 0 Å². The largest absolute Gasteiger partial charge is 0.352 e. The highest BCUT2D eigenvalue weighted by molar-refractivity contribution is 6.31. The number of rotatable bonds is 0. The Morgan fingerprint density at radius 2 is 2.08 bits per heavy atom. The van der Waals surface area contributed by atoms with E-state index in [0.29, 0.717) is 11.0 Å². The molecule has 0 bridgehead atoms. The molecule has 0 spiro atoms. The fraction of sp³-hybridized carbons (Fsp3) is 0. The van der Waals surface area contributed by atoms with Gasteiger partial charge in [0, 0.05) is 5.56 Å². The second-order valence-electron chi connectivity index (χ2n) is 2.37. The normalized spacial score (nSPS) is 14.8. The molecule has 1 aliphatic rings. The highest BCUT2D eigenvalue weighted by atomic mass is 35.5. The van der Waals surface area contributed by atoms with Gasteiger partial charge in [-0.2, -0.15) is 0 Å². The molecule has 0 fully saturated rings. The van der Waals surface area contributed by atoms with Crippen LogP contribution in [0.5, 0.6) is 5.75 Å². The predicted molar refractivity (Wildman–Crippen MR) is 44.5 cm³/mol. The second-order valence-corrected chi connectivity index (χ2v) is 2.76. The van der Waals surface area contributed by atoms with Crippen LogP contribution >= 0.6 is 11.6 Å². The molecule has 0 radical (unpaired) electrons. The molecule has 0 amide bonds. The standard InChI is InChI=1S/C8H6ClNO2/c9-8-5-6-3-1-2-4-7(6)12-10(8)11/h1-5,11H. The van der Waals surface area contributed by atoms with Gasteiger partial charge >= 0.3 is 0 Å². The number of hydrogen-bond donors (Lipinski definition) is 1. The number of fused-ring (bicyclic) bond motifs is 1. The fourth-order valence-electron chi connectivity index (χ4n) is 1.00. The van der Waals surface area contributed by atoms with Gasteiger partial charge in [0.05, 0.1) is 0 Å².